The van der Waals surface area contributed by atoms with Gasteiger partial charge in [0.05, 0.1) is 11.9 Å². The Morgan fingerprint density at radius 2 is 2.45 bits per heavy atom. The van der Waals surface area contributed by atoms with Crippen LogP contribution in [0.3, 0.4) is 0 Å². The summed E-state index contributed by atoms with van der Waals surface area (Å²) in [7, 11) is 0. The average molecular weight is 152 g/mol. The van der Waals surface area contributed by atoms with Crippen LogP contribution in [0.2, 0.25) is 0 Å². The Kier molecular flexibility index (Phi) is 2.38. The van der Waals surface area contributed by atoms with E-state index in [1.54, 1.807) is 6.92 Å². The fourth-order valence-corrected chi connectivity index (χ4v) is 0.768. The second kappa shape index (κ2) is 3.30. The quantitative estimate of drug-likeness (QED) is 0.637. The van der Waals surface area contributed by atoms with E-state index in [4.69, 9.17) is 0 Å². The lowest BCUT2D eigenvalue weighted by atomic mass is 10.3. The average Bonchev–Trinajstić information content (AvgIpc) is 2.04. The van der Waals surface area contributed by atoms with Crippen molar-refractivity contribution in [3.05, 3.63) is 18.2 Å². The lowest BCUT2D eigenvalue weighted by molar-refractivity contribution is 0.259. The summed E-state index contributed by atoms with van der Waals surface area (Å²) in [6.07, 6.45) is 3.98. The minimum Gasteiger partial charge on any atom is -0.288 e. The third-order valence-electron chi connectivity index (χ3n) is 1.41. The van der Waals surface area contributed by atoms with Gasteiger partial charge in [0.1, 0.15) is 5.69 Å². The van der Waals surface area contributed by atoms with E-state index >= 15 is 0 Å². The van der Waals surface area contributed by atoms with Gasteiger partial charge in [-0.3, -0.25) is 10.3 Å². The molecular formula is C7H10N3O. The third-order valence-corrected chi connectivity index (χ3v) is 1.41. The van der Waals surface area contributed by atoms with E-state index < -0.39 is 0 Å². The highest BCUT2D eigenvalue weighted by Gasteiger charge is 2.03. The normalized spacial score (nSPS) is 9.73. The van der Waals surface area contributed by atoms with Crippen molar-refractivity contribution in [2.24, 2.45) is 0 Å². The monoisotopic (exact) mass is 152 g/mol. The van der Waals surface area contributed by atoms with Gasteiger partial charge in [0.25, 0.3) is 0 Å². The van der Waals surface area contributed by atoms with Crippen LogP contribution in [-0.4, -0.2) is 21.7 Å². The smallest absolute Gasteiger partial charge is 0.198 e. The van der Waals surface area contributed by atoms with Crippen molar-refractivity contribution < 1.29 is 5.21 Å². The molecule has 0 aliphatic heterocycles. The first-order valence-corrected chi connectivity index (χ1v) is 3.41. The Morgan fingerprint density at radius 3 is 3.00 bits per heavy atom. The molecule has 0 aliphatic carbocycles. The van der Waals surface area contributed by atoms with Gasteiger partial charge in [0.2, 0.25) is 0 Å². The molecule has 11 heavy (non-hydrogen) atoms. The van der Waals surface area contributed by atoms with Crippen LogP contribution in [0.4, 0.5) is 5.69 Å². The molecule has 0 bridgehead atoms. The molecule has 0 saturated carbocycles. The highest BCUT2D eigenvalue weighted by Crippen LogP contribution is 2.12. The Balaban J connectivity index is 2.93. The maximum Gasteiger partial charge on any atom is 0.198 e. The van der Waals surface area contributed by atoms with Crippen LogP contribution in [0, 0.1) is 13.3 Å². The molecule has 0 aromatic carbocycles. The topological polar surface area (TPSA) is 49.2 Å². The highest BCUT2D eigenvalue weighted by molar-refractivity contribution is 5.44. The number of aromatic nitrogens is 2. The van der Waals surface area contributed by atoms with E-state index in [1.807, 2.05) is 6.92 Å². The van der Waals surface area contributed by atoms with Crippen molar-refractivity contribution in [2.45, 2.75) is 13.8 Å². The lowest BCUT2D eigenvalue weighted by Crippen LogP contribution is -2.18. The van der Waals surface area contributed by atoms with E-state index in [1.165, 1.54) is 6.20 Å². The predicted molar refractivity (Wildman–Crippen MR) is 40.4 cm³/mol. The van der Waals surface area contributed by atoms with E-state index in [-0.39, 0.29) is 0 Å². The summed E-state index contributed by atoms with van der Waals surface area (Å²) in [5.74, 6) is 0. The molecule has 0 amide bonds. The molecule has 1 N–H and O–H groups in total. The summed E-state index contributed by atoms with van der Waals surface area (Å²) in [5.41, 5.74) is 1.36. The highest BCUT2D eigenvalue weighted by atomic mass is 16.5. The number of aryl methyl sites for hydroxylation is 1. The van der Waals surface area contributed by atoms with E-state index in [9.17, 15) is 5.21 Å². The van der Waals surface area contributed by atoms with E-state index in [0.717, 1.165) is 10.8 Å². The number of hydroxylamine groups is 1. The number of hydrogen-bond acceptors (Lipinski definition) is 4. The molecule has 59 valence electrons. The maximum absolute atomic E-state index is 9.25. The van der Waals surface area contributed by atoms with Crippen molar-refractivity contribution in [3.63, 3.8) is 0 Å². The zero-order valence-electron chi connectivity index (χ0n) is 6.57. The predicted octanol–water partition coefficient (Wildman–Crippen LogP) is 0.801. The van der Waals surface area contributed by atoms with Gasteiger partial charge in [-0.2, -0.15) is 0 Å². The van der Waals surface area contributed by atoms with Crippen LogP contribution in [-0.2, 0) is 0 Å². The molecule has 1 aromatic heterocycles. The zero-order chi connectivity index (χ0) is 8.27. The summed E-state index contributed by atoms with van der Waals surface area (Å²) in [4.78, 5) is 7.49. The Bertz CT molecular complexity index is 239. The van der Waals surface area contributed by atoms with Gasteiger partial charge >= 0.3 is 0 Å². The fourth-order valence-electron chi connectivity index (χ4n) is 0.768. The maximum atomic E-state index is 9.25. The molecule has 1 rings (SSSR count). The molecule has 0 spiro atoms. The van der Waals surface area contributed by atoms with E-state index in [0.29, 0.717) is 12.2 Å². The molecule has 0 unspecified atom stereocenters. The van der Waals surface area contributed by atoms with Crippen LogP contribution in [0.1, 0.15) is 12.6 Å². The van der Waals surface area contributed by atoms with Gasteiger partial charge < -0.3 is 0 Å². The molecule has 4 heteroatoms. The van der Waals surface area contributed by atoms with Crippen molar-refractivity contribution in [3.8, 4) is 0 Å². The summed E-state index contributed by atoms with van der Waals surface area (Å²) in [6.45, 7) is 4.16. The summed E-state index contributed by atoms with van der Waals surface area (Å²) in [6, 6.07) is 0. The van der Waals surface area contributed by atoms with Crippen molar-refractivity contribution in [2.75, 3.05) is 11.6 Å². The van der Waals surface area contributed by atoms with Crippen LogP contribution in [0.5, 0.6) is 0 Å². The molecular weight excluding hydrogens is 142 g/mol. The van der Waals surface area contributed by atoms with Crippen molar-refractivity contribution in [1.82, 2.24) is 9.97 Å². The number of nitrogens with zero attached hydrogens (tertiary/aromatic N) is 3. The SMILES string of the molecule is CCN(O)c1cn[c]nc1C. The Labute approximate surface area is 65.5 Å². The summed E-state index contributed by atoms with van der Waals surface area (Å²) < 4.78 is 0. The van der Waals surface area contributed by atoms with Gasteiger partial charge in [0, 0.05) is 6.54 Å². The molecule has 0 saturated heterocycles. The Morgan fingerprint density at radius 1 is 1.73 bits per heavy atom. The van der Waals surface area contributed by atoms with E-state index in [2.05, 4.69) is 16.3 Å². The third kappa shape index (κ3) is 1.65. The van der Waals surface area contributed by atoms with Gasteiger partial charge in [-0.05, 0) is 13.8 Å². The lowest BCUT2D eigenvalue weighted by Gasteiger charge is -2.14. The standard InChI is InChI=1S/C7H10N3O/c1-3-10(11)7-4-8-5-9-6(7)2/h4,11H,3H2,1-2H3. The molecule has 0 aliphatic rings. The van der Waals surface area contributed by atoms with Crippen LogP contribution < -0.4 is 5.06 Å². The number of hydrogen-bond donors (Lipinski definition) is 1. The van der Waals surface area contributed by atoms with Crippen LogP contribution in [0.15, 0.2) is 6.20 Å². The second-order valence-electron chi connectivity index (χ2n) is 2.16. The molecule has 0 fully saturated rings. The first kappa shape index (κ1) is 7.94. The van der Waals surface area contributed by atoms with Gasteiger partial charge in [-0.1, -0.05) is 0 Å². The Hall–Kier alpha value is -1.16. The second-order valence-corrected chi connectivity index (χ2v) is 2.16. The fraction of sp³-hybridized carbons (Fsp3) is 0.429. The molecule has 4 nitrogen and oxygen atoms in total. The zero-order valence-corrected chi connectivity index (χ0v) is 6.57. The number of anilines is 1. The minimum atomic E-state index is 0.522. The molecule has 1 aromatic rings. The van der Waals surface area contributed by atoms with Crippen LogP contribution in [0.25, 0.3) is 0 Å². The largest absolute Gasteiger partial charge is 0.288 e. The summed E-state index contributed by atoms with van der Waals surface area (Å²) >= 11 is 0. The van der Waals surface area contributed by atoms with Crippen LogP contribution >= 0.6 is 0 Å². The van der Waals surface area contributed by atoms with Crippen molar-refractivity contribution in [1.29, 1.82) is 0 Å². The van der Waals surface area contributed by atoms with Gasteiger partial charge in [-0.15, -0.1) is 0 Å². The van der Waals surface area contributed by atoms with Gasteiger partial charge in [0.15, 0.2) is 6.33 Å². The van der Waals surface area contributed by atoms with Crippen molar-refractivity contribution >= 4 is 5.69 Å². The minimum absolute atomic E-state index is 0.522. The first-order chi connectivity index (χ1) is 5.25. The molecule has 1 heterocycles. The molecule has 1 radical (unpaired) electrons. The van der Waals surface area contributed by atoms with Gasteiger partial charge in [-0.25, -0.2) is 9.97 Å². The first-order valence-electron chi connectivity index (χ1n) is 3.41. The summed E-state index contributed by atoms with van der Waals surface area (Å²) in [5, 5.41) is 10.3. The number of rotatable bonds is 2. The molecule has 0 atom stereocenters.